The monoisotopic (exact) mass is 510 g/mol. The average Bonchev–Trinajstić information content (AvgIpc) is 3.30. The molecular weight excluding hydrogens is 476 g/mol. The lowest BCUT2D eigenvalue weighted by Crippen LogP contribution is -1.96. The van der Waals surface area contributed by atoms with Crippen molar-refractivity contribution in [3.63, 3.8) is 0 Å². The fraction of sp³-hybridized carbons (Fsp3) is 0.375. The summed E-state index contributed by atoms with van der Waals surface area (Å²) in [6.07, 6.45) is 9.34. The lowest BCUT2D eigenvalue weighted by molar-refractivity contribution is 0.305. The van der Waals surface area contributed by atoms with E-state index in [1.54, 1.807) is 0 Å². The number of nitriles is 2. The van der Waals surface area contributed by atoms with Gasteiger partial charge in [-0.15, -0.1) is 11.3 Å². The largest absolute Gasteiger partial charge is 0.494 e. The minimum atomic E-state index is 0.332. The third kappa shape index (κ3) is 8.42. The minimum Gasteiger partial charge on any atom is -0.494 e. The zero-order chi connectivity index (χ0) is 26.3. The Hall–Kier alpha value is -3.72. The summed E-state index contributed by atoms with van der Waals surface area (Å²) in [5.41, 5.74) is 2.41. The van der Waals surface area contributed by atoms with Gasteiger partial charge in [-0.2, -0.15) is 10.5 Å². The third-order valence-electron chi connectivity index (χ3n) is 5.96. The average molecular weight is 511 g/mol. The summed E-state index contributed by atoms with van der Waals surface area (Å²) >= 11 is 1.38. The summed E-state index contributed by atoms with van der Waals surface area (Å²) in [5, 5.41) is 19.6. The first-order valence-corrected chi connectivity index (χ1v) is 14.0. The Bertz CT molecular complexity index is 1270. The molecular formula is C32H34N2O2S. The van der Waals surface area contributed by atoms with Crippen LogP contribution in [0.5, 0.6) is 11.5 Å². The molecule has 4 nitrogen and oxygen atoms in total. The van der Waals surface area contributed by atoms with Gasteiger partial charge in [0.15, 0.2) is 0 Å². The summed E-state index contributed by atoms with van der Waals surface area (Å²) in [6.45, 7) is 5.81. The van der Waals surface area contributed by atoms with Gasteiger partial charge >= 0.3 is 0 Å². The fourth-order valence-corrected chi connectivity index (χ4v) is 4.90. The van der Waals surface area contributed by atoms with E-state index in [2.05, 4.69) is 37.8 Å². The van der Waals surface area contributed by atoms with E-state index < -0.39 is 0 Å². The Morgan fingerprint density at radius 1 is 0.649 bits per heavy atom. The minimum absolute atomic E-state index is 0.332. The molecule has 0 aliphatic carbocycles. The first-order valence-electron chi connectivity index (χ1n) is 13.1. The normalized spacial score (nSPS) is 10.2. The van der Waals surface area contributed by atoms with Crippen LogP contribution in [-0.2, 0) is 0 Å². The maximum Gasteiger partial charge on any atom is 0.119 e. The number of unbranched alkanes of at least 4 members (excludes halogenated alkanes) is 6. The highest BCUT2D eigenvalue weighted by Gasteiger charge is 2.18. The number of rotatable bonds is 13. The first-order chi connectivity index (χ1) is 18.2. The molecule has 0 amide bonds. The maximum absolute atomic E-state index is 9.80. The Morgan fingerprint density at radius 3 is 1.70 bits per heavy atom. The fourth-order valence-electron chi connectivity index (χ4n) is 3.84. The maximum atomic E-state index is 9.80. The van der Waals surface area contributed by atoms with Crippen molar-refractivity contribution >= 4 is 11.3 Å². The van der Waals surface area contributed by atoms with Crippen LogP contribution in [-0.4, -0.2) is 13.2 Å². The molecule has 0 atom stereocenters. The number of ether oxygens (including phenoxy) is 2. The number of benzene rings is 2. The van der Waals surface area contributed by atoms with E-state index in [0.717, 1.165) is 47.0 Å². The van der Waals surface area contributed by atoms with Crippen LogP contribution in [0.2, 0.25) is 0 Å². The summed E-state index contributed by atoms with van der Waals surface area (Å²) in [4.78, 5) is 1.35. The smallest absolute Gasteiger partial charge is 0.119 e. The van der Waals surface area contributed by atoms with Crippen LogP contribution in [0.15, 0.2) is 48.5 Å². The quantitative estimate of drug-likeness (QED) is 0.171. The molecule has 0 bridgehead atoms. The molecule has 5 heteroatoms. The van der Waals surface area contributed by atoms with E-state index in [9.17, 15) is 10.5 Å². The van der Waals surface area contributed by atoms with Crippen LogP contribution in [0, 0.1) is 34.5 Å². The summed E-state index contributed by atoms with van der Waals surface area (Å²) in [7, 11) is 0. The molecule has 0 N–H and O–H groups in total. The van der Waals surface area contributed by atoms with Gasteiger partial charge in [0.25, 0.3) is 0 Å². The molecule has 0 radical (unpaired) electrons. The van der Waals surface area contributed by atoms with Gasteiger partial charge in [0.05, 0.1) is 34.1 Å². The molecule has 3 aromatic rings. The molecule has 0 saturated heterocycles. The lowest BCUT2D eigenvalue weighted by atomic mass is 10.1. The van der Waals surface area contributed by atoms with Crippen molar-refractivity contribution in [3.05, 3.63) is 70.1 Å². The molecule has 0 fully saturated rings. The molecule has 190 valence electrons. The van der Waals surface area contributed by atoms with Crippen LogP contribution in [0.1, 0.15) is 86.8 Å². The Labute approximate surface area is 225 Å². The van der Waals surface area contributed by atoms with Crippen molar-refractivity contribution in [3.8, 4) is 45.9 Å². The van der Waals surface area contributed by atoms with Crippen molar-refractivity contribution in [2.75, 3.05) is 13.2 Å². The van der Waals surface area contributed by atoms with E-state index in [1.165, 1.54) is 49.9 Å². The summed E-state index contributed by atoms with van der Waals surface area (Å²) < 4.78 is 11.6. The van der Waals surface area contributed by atoms with Crippen molar-refractivity contribution in [1.82, 2.24) is 0 Å². The van der Waals surface area contributed by atoms with Crippen molar-refractivity contribution in [2.24, 2.45) is 0 Å². The van der Waals surface area contributed by atoms with Gasteiger partial charge in [-0.3, -0.25) is 0 Å². The second-order valence-electron chi connectivity index (χ2n) is 8.85. The van der Waals surface area contributed by atoms with Crippen LogP contribution in [0.4, 0.5) is 0 Å². The van der Waals surface area contributed by atoms with Crippen LogP contribution < -0.4 is 9.47 Å². The van der Waals surface area contributed by atoms with Gasteiger partial charge in [-0.25, -0.2) is 0 Å². The number of nitrogens with zero attached hydrogens (tertiary/aromatic N) is 2. The number of hydrogen-bond acceptors (Lipinski definition) is 5. The van der Waals surface area contributed by atoms with E-state index in [4.69, 9.17) is 9.47 Å². The molecule has 1 heterocycles. The zero-order valence-corrected chi connectivity index (χ0v) is 22.6. The Morgan fingerprint density at radius 2 is 1.19 bits per heavy atom. The van der Waals surface area contributed by atoms with Crippen molar-refractivity contribution < 1.29 is 9.47 Å². The van der Waals surface area contributed by atoms with Crippen molar-refractivity contribution in [2.45, 2.75) is 65.2 Å². The first kappa shape index (κ1) is 27.9. The topological polar surface area (TPSA) is 66.0 Å². The molecule has 2 aromatic carbocycles. The summed E-state index contributed by atoms with van der Waals surface area (Å²) in [5.74, 6) is 7.89. The van der Waals surface area contributed by atoms with E-state index in [0.29, 0.717) is 22.6 Å². The SMILES string of the molecule is CCCCCCOc1ccc(C#Cc2sc(-c3ccc(OCCCCCC)cc3)c(C#N)c2C#N)cc1. The van der Waals surface area contributed by atoms with Gasteiger partial charge in [-0.1, -0.05) is 58.3 Å². The molecule has 0 spiro atoms. The van der Waals surface area contributed by atoms with Crippen molar-refractivity contribution in [1.29, 1.82) is 10.5 Å². The Balaban J connectivity index is 1.70. The van der Waals surface area contributed by atoms with Crippen LogP contribution in [0.25, 0.3) is 10.4 Å². The molecule has 0 saturated carbocycles. The van der Waals surface area contributed by atoms with Gasteiger partial charge in [0.2, 0.25) is 0 Å². The highest BCUT2D eigenvalue weighted by molar-refractivity contribution is 7.16. The predicted molar refractivity (Wildman–Crippen MR) is 151 cm³/mol. The van der Waals surface area contributed by atoms with Gasteiger partial charge < -0.3 is 9.47 Å². The molecule has 37 heavy (non-hydrogen) atoms. The van der Waals surface area contributed by atoms with E-state index in [1.807, 2.05) is 48.5 Å². The highest BCUT2D eigenvalue weighted by Crippen LogP contribution is 2.36. The van der Waals surface area contributed by atoms with E-state index in [-0.39, 0.29) is 0 Å². The number of thiophene rings is 1. The molecule has 0 aliphatic rings. The molecule has 0 unspecified atom stereocenters. The van der Waals surface area contributed by atoms with Crippen LogP contribution >= 0.6 is 11.3 Å². The molecule has 1 aromatic heterocycles. The molecule has 0 aliphatic heterocycles. The third-order valence-corrected chi connectivity index (χ3v) is 7.11. The van der Waals surface area contributed by atoms with Gasteiger partial charge in [-0.05, 0) is 72.9 Å². The van der Waals surface area contributed by atoms with Gasteiger partial charge in [0.1, 0.15) is 23.6 Å². The second-order valence-corrected chi connectivity index (χ2v) is 9.87. The number of hydrogen-bond donors (Lipinski definition) is 0. The molecule has 3 rings (SSSR count). The lowest BCUT2D eigenvalue weighted by Gasteiger charge is -2.06. The zero-order valence-electron chi connectivity index (χ0n) is 21.8. The second kappa shape index (κ2) is 15.4. The van der Waals surface area contributed by atoms with Crippen LogP contribution in [0.3, 0.4) is 0 Å². The van der Waals surface area contributed by atoms with Gasteiger partial charge in [0, 0.05) is 5.56 Å². The predicted octanol–water partition coefficient (Wildman–Crippen LogP) is 8.48. The van der Waals surface area contributed by atoms with E-state index >= 15 is 0 Å². The highest BCUT2D eigenvalue weighted by atomic mass is 32.1. The Kier molecular flexibility index (Phi) is 11.6. The summed E-state index contributed by atoms with van der Waals surface area (Å²) in [6, 6.07) is 19.8. The standard InChI is InChI=1S/C32H34N2O2S/c1-3-5-7-9-21-35-27-16-11-25(12-17-27)13-20-31-29(23-33)30(24-34)32(37-31)26-14-18-28(19-15-26)36-22-10-8-6-4-2/h11-12,14-19H,3-10,21-22H2,1-2H3.